The second-order valence-corrected chi connectivity index (χ2v) is 6.61. The zero-order valence-electron chi connectivity index (χ0n) is 16.5. The van der Waals surface area contributed by atoms with Gasteiger partial charge in [0.15, 0.2) is 23.0 Å². The molecule has 0 saturated carbocycles. The van der Waals surface area contributed by atoms with Gasteiger partial charge in [-0.3, -0.25) is 4.40 Å². The molecule has 0 spiro atoms. The average molecular weight is 383 g/mol. The van der Waals surface area contributed by atoms with Crippen LogP contribution in [0.3, 0.4) is 0 Å². The minimum absolute atomic E-state index is 0.119. The number of hydrogen-bond donors (Lipinski definition) is 2. The molecule has 2 aromatic heterocycles. The van der Waals surface area contributed by atoms with E-state index in [0.29, 0.717) is 29.6 Å². The largest absolute Gasteiger partial charge is 0.493 e. The summed E-state index contributed by atoms with van der Waals surface area (Å²) in [6.07, 6.45) is 1.89. The van der Waals surface area contributed by atoms with Gasteiger partial charge in [0.05, 0.1) is 19.8 Å². The van der Waals surface area contributed by atoms with Crippen molar-refractivity contribution in [2.24, 2.45) is 5.92 Å². The van der Waals surface area contributed by atoms with Crippen molar-refractivity contribution in [3.8, 4) is 11.5 Å². The number of anilines is 1. The first-order chi connectivity index (χ1) is 13.5. The fourth-order valence-corrected chi connectivity index (χ4v) is 2.93. The molecular weight excluding hydrogens is 358 g/mol. The Morgan fingerprint density at radius 3 is 2.71 bits per heavy atom. The van der Waals surface area contributed by atoms with Crippen LogP contribution >= 0.6 is 0 Å². The maximum Gasteiger partial charge on any atom is 0.319 e. The van der Waals surface area contributed by atoms with Gasteiger partial charge in [0, 0.05) is 18.0 Å². The van der Waals surface area contributed by atoms with Crippen molar-refractivity contribution in [2.75, 3.05) is 19.0 Å². The number of carbonyl (C=O) groups excluding carboxylic acids is 1. The van der Waals surface area contributed by atoms with Crippen LogP contribution in [0.1, 0.15) is 32.6 Å². The molecule has 1 atom stereocenters. The van der Waals surface area contributed by atoms with E-state index >= 15 is 0 Å². The molecule has 2 heterocycles. The van der Waals surface area contributed by atoms with Crippen LogP contribution in [0.2, 0.25) is 0 Å². The van der Waals surface area contributed by atoms with E-state index in [4.69, 9.17) is 9.47 Å². The standard InChI is InChI=1S/C20H25N5O3/c1-5-28-16-12-14(9-10-15(16)27-4)21-20(26)22-18(13(2)3)19-24-23-17-8-6-7-11-25(17)19/h6-13,18H,5H2,1-4H3,(H2,21,22,26). The topological polar surface area (TPSA) is 89.8 Å². The number of urea groups is 1. The molecule has 0 saturated heterocycles. The number of pyridine rings is 1. The third-order valence-corrected chi connectivity index (χ3v) is 4.29. The molecule has 0 fully saturated rings. The van der Waals surface area contributed by atoms with E-state index in [2.05, 4.69) is 20.8 Å². The number of amides is 2. The molecule has 148 valence electrons. The van der Waals surface area contributed by atoms with Gasteiger partial charge in [0.1, 0.15) is 0 Å². The summed E-state index contributed by atoms with van der Waals surface area (Å²) in [5.74, 6) is 1.99. The van der Waals surface area contributed by atoms with Gasteiger partial charge in [-0.05, 0) is 37.1 Å². The quantitative estimate of drug-likeness (QED) is 0.650. The number of nitrogens with zero attached hydrogens (tertiary/aromatic N) is 3. The van der Waals surface area contributed by atoms with Crippen LogP contribution in [0.4, 0.5) is 10.5 Å². The molecule has 0 radical (unpaired) electrons. The van der Waals surface area contributed by atoms with Crippen molar-refractivity contribution in [1.29, 1.82) is 0 Å². The predicted molar refractivity (Wildman–Crippen MR) is 107 cm³/mol. The summed E-state index contributed by atoms with van der Waals surface area (Å²) in [5.41, 5.74) is 1.34. The van der Waals surface area contributed by atoms with E-state index in [1.807, 2.05) is 49.6 Å². The smallest absolute Gasteiger partial charge is 0.319 e. The van der Waals surface area contributed by atoms with Crippen LogP contribution < -0.4 is 20.1 Å². The van der Waals surface area contributed by atoms with Crippen LogP contribution in [0.15, 0.2) is 42.6 Å². The molecule has 1 unspecified atom stereocenters. The van der Waals surface area contributed by atoms with E-state index in [1.54, 1.807) is 25.3 Å². The highest BCUT2D eigenvalue weighted by atomic mass is 16.5. The normalized spacial score (nSPS) is 12.0. The second-order valence-electron chi connectivity index (χ2n) is 6.61. The molecule has 3 rings (SSSR count). The van der Waals surface area contributed by atoms with Gasteiger partial charge in [0.25, 0.3) is 0 Å². The fourth-order valence-electron chi connectivity index (χ4n) is 2.93. The van der Waals surface area contributed by atoms with E-state index in [0.717, 1.165) is 5.65 Å². The van der Waals surface area contributed by atoms with E-state index in [9.17, 15) is 4.79 Å². The van der Waals surface area contributed by atoms with Crippen LogP contribution in [0.25, 0.3) is 5.65 Å². The lowest BCUT2D eigenvalue weighted by atomic mass is 10.0. The molecular formula is C20H25N5O3. The summed E-state index contributed by atoms with van der Waals surface area (Å²) in [6.45, 7) is 6.44. The third-order valence-electron chi connectivity index (χ3n) is 4.29. The number of hydrogen-bond acceptors (Lipinski definition) is 5. The molecule has 2 amide bonds. The Morgan fingerprint density at radius 1 is 1.18 bits per heavy atom. The number of fused-ring (bicyclic) bond motifs is 1. The maximum absolute atomic E-state index is 12.6. The van der Waals surface area contributed by atoms with Crippen molar-refractivity contribution < 1.29 is 14.3 Å². The van der Waals surface area contributed by atoms with Crippen molar-refractivity contribution in [3.05, 3.63) is 48.4 Å². The van der Waals surface area contributed by atoms with Gasteiger partial charge in [-0.1, -0.05) is 19.9 Å². The Labute approximate surface area is 163 Å². The summed E-state index contributed by atoms with van der Waals surface area (Å²) >= 11 is 0. The Bertz CT molecular complexity index is 954. The molecule has 2 N–H and O–H groups in total. The minimum atomic E-state index is -0.334. The Balaban J connectivity index is 1.77. The van der Waals surface area contributed by atoms with Gasteiger partial charge >= 0.3 is 6.03 Å². The summed E-state index contributed by atoms with van der Waals surface area (Å²) < 4.78 is 12.7. The maximum atomic E-state index is 12.6. The number of ether oxygens (including phenoxy) is 2. The average Bonchev–Trinajstić information content (AvgIpc) is 3.10. The lowest BCUT2D eigenvalue weighted by Gasteiger charge is -2.21. The van der Waals surface area contributed by atoms with Gasteiger partial charge in [-0.25, -0.2) is 4.79 Å². The summed E-state index contributed by atoms with van der Waals surface area (Å²) in [6, 6.07) is 10.3. The second kappa shape index (κ2) is 8.60. The van der Waals surface area contributed by atoms with Crippen LogP contribution in [-0.4, -0.2) is 34.3 Å². The van der Waals surface area contributed by atoms with Crippen LogP contribution in [0.5, 0.6) is 11.5 Å². The minimum Gasteiger partial charge on any atom is -0.493 e. The van der Waals surface area contributed by atoms with Crippen LogP contribution in [-0.2, 0) is 0 Å². The SMILES string of the molecule is CCOc1cc(NC(=O)NC(c2nnc3ccccn23)C(C)C)ccc1OC. The fraction of sp³-hybridized carbons (Fsp3) is 0.350. The van der Waals surface area contributed by atoms with Gasteiger partial charge in [-0.15, -0.1) is 10.2 Å². The first-order valence-corrected chi connectivity index (χ1v) is 9.21. The summed E-state index contributed by atoms with van der Waals surface area (Å²) in [4.78, 5) is 12.6. The molecule has 0 bridgehead atoms. The van der Waals surface area contributed by atoms with Crippen molar-refractivity contribution >= 4 is 17.4 Å². The van der Waals surface area contributed by atoms with E-state index < -0.39 is 0 Å². The molecule has 0 aliphatic heterocycles. The zero-order valence-corrected chi connectivity index (χ0v) is 16.5. The van der Waals surface area contributed by atoms with Crippen molar-refractivity contribution in [3.63, 3.8) is 0 Å². The van der Waals surface area contributed by atoms with E-state index in [1.165, 1.54) is 0 Å². The van der Waals surface area contributed by atoms with Gasteiger partial charge < -0.3 is 20.1 Å². The summed E-state index contributed by atoms with van der Waals surface area (Å²) in [7, 11) is 1.58. The molecule has 28 heavy (non-hydrogen) atoms. The van der Waals surface area contributed by atoms with Crippen molar-refractivity contribution in [2.45, 2.75) is 26.8 Å². The van der Waals surface area contributed by atoms with Gasteiger partial charge in [-0.2, -0.15) is 0 Å². The molecule has 0 aliphatic carbocycles. The molecule has 3 aromatic rings. The van der Waals surface area contributed by atoms with E-state index in [-0.39, 0.29) is 18.0 Å². The summed E-state index contributed by atoms with van der Waals surface area (Å²) in [5, 5.41) is 14.3. The first-order valence-electron chi connectivity index (χ1n) is 9.21. The third kappa shape index (κ3) is 4.16. The van der Waals surface area contributed by atoms with Crippen molar-refractivity contribution in [1.82, 2.24) is 19.9 Å². The highest BCUT2D eigenvalue weighted by Crippen LogP contribution is 2.30. The number of nitrogens with one attached hydrogen (secondary N) is 2. The lowest BCUT2D eigenvalue weighted by Crippen LogP contribution is -2.36. The zero-order chi connectivity index (χ0) is 20.1. The number of aromatic nitrogens is 3. The van der Waals surface area contributed by atoms with Crippen LogP contribution in [0, 0.1) is 5.92 Å². The Morgan fingerprint density at radius 2 is 2.00 bits per heavy atom. The Kier molecular flexibility index (Phi) is 5.98. The number of methoxy groups -OCH3 is 1. The predicted octanol–water partition coefficient (Wildman–Crippen LogP) is 3.66. The van der Waals surface area contributed by atoms with Gasteiger partial charge in [0.2, 0.25) is 0 Å². The number of rotatable bonds is 7. The molecule has 1 aromatic carbocycles. The number of carbonyl (C=O) groups is 1. The molecule has 8 nitrogen and oxygen atoms in total. The highest BCUT2D eigenvalue weighted by molar-refractivity contribution is 5.90. The number of benzene rings is 1. The Hall–Kier alpha value is -3.29. The highest BCUT2D eigenvalue weighted by Gasteiger charge is 2.23. The first kappa shape index (κ1) is 19.5. The molecule has 0 aliphatic rings. The molecule has 8 heteroatoms. The lowest BCUT2D eigenvalue weighted by molar-refractivity contribution is 0.243. The monoisotopic (exact) mass is 383 g/mol.